The van der Waals surface area contributed by atoms with Crippen molar-refractivity contribution in [1.29, 1.82) is 0 Å². The molecule has 1 aromatic carbocycles. The molecule has 1 aromatic heterocycles. The molecule has 1 aliphatic heterocycles. The molecule has 1 saturated heterocycles. The predicted octanol–water partition coefficient (Wildman–Crippen LogP) is 4.76. The summed E-state index contributed by atoms with van der Waals surface area (Å²) in [5.74, 6) is -0.0977. The third-order valence-corrected chi connectivity index (χ3v) is 5.04. The number of carbonyl (C=O) groups excluding carboxylic acids is 1. The van der Waals surface area contributed by atoms with Gasteiger partial charge in [-0.2, -0.15) is 5.10 Å². The van der Waals surface area contributed by atoms with E-state index in [2.05, 4.69) is 28.0 Å². The van der Waals surface area contributed by atoms with E-state index < -0.39 is 5.60 Å². The van der Waals surface area contributed by atoms with Gasteiger partial charge < -0.3 is 9.64 Å². The van der Waals surface area contributed by atoms with Crippen molar-refractivity contribution in [3.8, 4) is 0 Å². The molecule has 136 valence electrons. The number of carbonyl (C=O) groups is 1. The Morgan fingerprint density at radius 1 is 1.40 bits per heavy atom. The van der Waals surface area contributed by atoms with Gasteiger partial charge >= 0.3 is 6.09 Å². The first-order valence-corrected chi connectivity index (χ1v) is 9.26. The van der Waals surface area contributed by atoms with Crippen LogP contribution in [0.2, 0.25) is 0 Å². The first-order valence-electron chi connectivity index (χ1n) is 8.47. The number of amides is 1. The number of piperidine rings is 1. The molecule has 5 nitrogen and oxygen atoms in total. The highest BCUT2D eigenvalue weighted by Gasteiger charge is 2.33. The molecule has 7 heteroatoms. The number of rotatable bonds is 1. The summed E-state index contributed by atoms with van der Waals surface area (Å²) < 4.78 is 21.8. The van der Waals surface area contributed by atoms with E-state index in [-0.39, 0.29) is 23.9 Å². The number of hydrogen-bond donors (Lipinski definition) is 0. The van der Waals surface area contributed by atoms with Gasteiger partial charge in [0.2, 0.25) is 0 Å². The zero-order chi connectivity index (χ0) is 18.4. The fourth-order valence-electron chi connectivity index (χ4n) is 3.31. The Kier molecular flexibility index (Phi) is 4.79. The minimum absolute atomic E-state index is 0.106. The van der Waals surface area contributed by atoms with Crippen LogP contribution in [0.4, 0.5) is 9.18 Å². The molecule has 1 fully saturated rings. The molecule has 2 heterocycles. The number of fused-ring (bicyclic) bond motifs is 1. The molecule has 2 atom stereocenters. The van der Waals surface area contributed by atoms with E-state index in [1.807, 2.05) is 25.5 Å². The fourth-order valence-corrected chi connectivity index (χ4v) is 3.82. The molecule has 1 aliphatic rings. The Morgan fingerprint density at radius 2 is 2.12 bits per heavy atom. The maximum Gasteiger partial charge on any atom is 0.410 e. The van der Waals surface area contributed by atoms with Gasteiger partial charge in [-0.15, -0.1) is 0 Å². The van der Waals surface area contributed by atoms with Crippen LogP contribution < -0.4 is 0 Å². The lowest BCUT2D eigenvalue weighted by molar-refractivity contribution is 0.0121. The number of ether oxygens (including phenoxy) is 1. The second-order valence-corrected chi connectivity index (χ2v) is 8.41. The Morgan fingerprint density at radius 3 is 2.76 bits per heavy atom. The summed E-state index contributed by atoms with van der Waals surface area (Å²) in [6.07, 6.45) is 0.468. The lowest BCUT2D eigenvalue weighted by atomic mass is 9.94. The van der Waals surface area contributed by atoms with Gasteiger partial charge in [0.25, 0.3) is 0 Å². The number of halogens is 2. The summed E-state index contributed by atoms with van der Waals surface area (Å²) in [7, 11) is 0. The van der Waals surface area contributed by atoms with Gasteiger partial charge in [0.15, 0.2) is 0 Å². The Labute approximate surface area is 155 Å². The summed E-state index contributed by atoms with van der Waals surface area (Å²) >= 11 is 3.46. The minimum atomic E-state index is -0.502. The molecular weight excluding hydrogens is 389 g/mol. The second-order valence-electron chi connectivity index (χ2n) is 7.66. The summed E-state index contributed by atoms with van der Waals surface area (Å²) in [6, 6.07) is 4.79. The van der Waals surface area contributed by atoms with E-state index in [0.29, 0.717) is 17.7 Å². The van der Waals surface area contributed by atoms with E-state index in [1.54, 1.807) is 11.0 Å². The van der Waals surface area contributed by atoms with Gasteiger partial charge in [-0.1, -0.05) is 6.92 Å². The molecule has 0 radical (unpaired) electrons. The highest BCUT2D eigenvalue weighted by atomic mass is 79.9. The van der Waals surface area contributed by atoms with Crippen LogP contribution in [0.1, 0.15) is 40.2 Å². The van der Waals surface area contributed by atoms with Crippen molar-refractivity contribution >= 4 is 32.9 Å². The quantitative estimate of drug-likeness (QED) is 0.679. The standard InChI is InChI=1S/C18H23BrFN3O2/c1-11-10-22(17(24)25-18(2,3)4)8-7-14(11)23-15-9-12(20)5-6-13(15)16(19)21-23/h5-6,9,11,14H,7-8,10H2,1-4H3/t11-,14+/m1/s1. The summed E-state index contributed by atoms with van der Waals surface area (Å²) in [6.45, 7) is 8.86. The maximum absolute atomic E-state index is 13.7. The molecule has 1 amide bonds. The number of benzene rings is 1. The molecule has 0 aliphatic carbocycles. The van der Waals surface area contributed by atoms with E-state index >= 15 is 0 Å². The fraction of sp³-hybridized carbons (Fsp3) is 0.556. The molecule has 0 spiro atoms. The van der Waals surface area contributed by atoms with Crippen LogP contribution in [0.15, 0.2) is 22.8 Å². The van der Waals surface area contributed by atoms with E-state index in [4.69, 9.17) is 4.74 Å². The van der Waals surface area contributed by atoms with Crippen molar-refractivity contribution in [2.75, 3.05) is 13.1 Å². The van der Waals surface area contributed by atoms with E-state index in [0.717, 1.165) is 17.3 Å². The van der Waals surface area contributed by atoms with Crippen LogP contribution in [0, 0.1) is 11.7 Å². The maximum atomic E-state index is 13.7. The number of aromatic nitrogens is 2. The van der Waals surface area contributed by atoms with Crippen LogP contribution >= 0.6 is 15.9 Å². The van der Waals surface area contributed by atoms with Crippen LogP contribution in [0.25, 0.3) is 10.9 Å². The molecular formula is C18H23BrFN3O2. The Hall–Kier alpha value is -1.63. The smallest absolute Gasteiger partial charge is 0.410 e. The topological polar surface area (TPSA) is 47.4 Å². The molecule has 0 saturated carbocycles. The average Bonchev–Trinajstić information content (AvgIpc) is 2.81. The van der Waals surface area contributed by atoms with Crippen molar-refractivity contribution in [2.24, 2.45) is 5.92 Å². The average molecular weight is 412 g/mol. The lowest BCUT2D eigenvalue weighted by Crippen LogP contribution is -2.45. The highest BCUT2D eigenvalue weighted by molar-refractivity contribution is 9.10. The second kappa shape index (κ2) is 6.59. The molecule has 0 bridgehead atoms. The van der Waals surface area contributed by atoms with Crippen molar-refractivity contribution in [1.82, 2.24) is 14.7 Å². The largest absolute Gasteiger partial charge is 0.444 e. The van der Waals surface area contributed by atoms with Crippen LogP contribution in [0.3, 0.4) is 0 Å². The normalized spacial score (nSPS) is 21.6. The van der Waals surface area contributed by atoms with Gasteiger partial charge in [-0.25, -0.2) is 9.18 Å². The molecule has 0 N–H and O–H groups in total. The van der Waals surface area contributed by atoms with Crippen molar-refractivity contribution in [3.63, 3.8) is 0 Å². The van der Waals surface area contributed by atoms with Gasteiger partial charge in [-0.05, 0) is 67.2 Å². The first kappa shape index (κ1) is 18.2. The summed E-state index contributed by atoms with van der Waals surface area (Å²) in [4.78, 5) is 14.0. The Balaban J connectivity index is 1.81. The molecule has 2 aromatic rings. The summed E-state index contributed by atoms with van der Waals surface area (Å²) in [5.41, 5.74) is 0.270. The lowest BCUT2D eigenvalue weighted by Gasteiger charge is -2.37. The predicted molar refractivity (Wildman–Crippen MR) is 98.0 cm³/mol. The first-order chi connectivity index (χ1) is 11.7. The number of nitrogens with zero attached hydrogens (tertiary/aromatic N) is 3. The van der Waals surface area contributed by atoms with Crippen LogP contribution in [-0.2, 0) is 4.74 Å². The molecule has 0 unspecified atom stereocenters. The zero-order valence-electron chi connectivity index (χ0n) is 14.9. The van der Waals surface area contributed by atoms with Gasteiger partial charge in [0.05, 0.1) is 11.6 Å². The third-order valence-electron chi connectivity index (χ3n) is 4.45. The highest BCUT2D eigenvalue weighted by Crippen LogP contribution is 2.34. The van der Waals surface area contributed by atoms with E-state index in [9.17, 15) is 9.18 Å². The number of likely N-dealkylation sites (tertiary alicyclic amines) is 1. The molecule has 25 heavy (non-hydrogen) atoms. The summed E-state index contributed by atoms with van der Waals surface area (Å²) in [5, 5.41) is 5.46. The monoisotopic (exact) mass is 411 g/mol. The van der Waals surface area contributed by atoms with Crippen molar-refractivity contribution in [2.45, 2.75) is 45.8 Å². The van der Waals surface area contributed by atoms with Crippen LogP contribution in [-0.4, -0.2) is 39.5 Å². The molecule has 3 rings (SSSR count). The van der Waals surface area contributed by atoms with Gasteiger partial charge in [0, 0.05) is 18.5 Å². The minimum Gasteiger partial charge on any atom is -0.444 e. The van der Waals surface area contributed by atoms with E-state index in [1.165, 1.54) is 12.1 Å². The van der Waals surface area contributed by atoms with Gasteiger partial charge in [-0.3, -0.25) is 4.68 Å². The van der Waals surface area contributed by atoms with Crippen LogP contribution in [0.5, 0.6) is 0 Å². The Bertz CT molecular complexity index is 799. The van der Waals surface area contributed by atoms with Gasteiger partial charge in [0.1, 0.15) is 16.0 Å². The third kappa shape index (κ3) is 3.81. The SMILES string of the molecule is C[C@@H]1CN(C(=O)OC(C)(C)C)CC[C@@H]1n1nc(Br)c2ccc(F)cc21. The zero-order valence-corrected chi connectivity index (χ0v) is 16.5. The van der Waals surface area contributed by atoms with Crippen molar-refractivity contribution in [3.05, 3.63) is 28.6 Å². The van der Waals surface area contributed by atoms with Crippen molar-refractivity contribution < 1.29 is 13.9 Å². The number of hydrogen-bond acceptors (Lipinski definition) is 3.